The third-order valence-electron chi connectivity index (χ3n) is 2.17. The topological polar surface area (TPSA) is 58.6 Å². The number of hydrogen-bond donors (Lipinski definition) is 2. The zero-order valence-electron chi connectivity index (χ0n) is 9.29. The van der Waals surface area contributed by atoms with Crippen molar-refractivity contribution in [3.05, 3.63) is 28.2 Å². The van der Waals surface area contributed by atoms with Crippen molar-refractivity contribution in [2.45, 2.75) is 11.1 Å². The fraction of sp³-hybridized carbons (Fsp3) is 0.300. The summed E-state index contributed by atoms with van der Waals surface area (Å²) in [5.74, 6) is -3.41. The second-order valence-electron chi connectivity index (χ2n) is 3.50. The molecule has 0 bridgehead atoms. The standard InChI is InChI=1S/C10H9Cl2F3N2OS/c11-5-1-2-7(12)8(3-5)19-4-6(9(16)17-18)10(13,14)15/h1-3,6,18H,4H2,(H2,16,17). The van der Waals surface area contributed by atoms with Gasteiger partial charge in [-0.25, -0.2) is 0 Å². The number of rotatable bonds is 4. The third-order valence-corrected chi connectivity index (χ3v) is 3.99. The second kappa shape index (κ2) is 6.58. The summed E-state index contributed by atoms with van der Waals surface area (Å²) in [6.07, 6.45) is -4.60. The molecule has 0 aliphatic rings. The maximum Gasteiger partial charge on any atom is 0.399 e. The van der Waals surface area contributed by atoms with E-state index in [1.54, 1.807) is 0 Å². The van der Waals surface area contributed by atoms with Gasteiger partial charge in [-0.3, -0.25) is 0 Å². The monoisotopic (exact) mass is 332 g/mol. The molecule has 106 valence electrons. The predicted molar refractivity (Wildman–Crippen MR) is 70.1 cm³/mol. The minimum absolute atomic E-state index is 0.287. The number of benzene rings is 1. The smallest absolute Gasteiger partial charge is 0.399 e. The average Bonchev–Trinajstić information content (AvgIpc) is 2.31. The highest BCUT2D eigenvalue weighted by molar-refractivity contribution is 7.99. The summed E-state index contributed by atoms with van der Waals surface area (Å²) in [5, 5.41) is 11.4. The van der Waals surface area contributed by atoms with Gasteiger partial charge in [-0.1, -0.05) is 28.4 Å². The van der Waals surface area contributed by atoms with Crippen molar-refractivity contribution in [2.75, 3.05) is 5.75 Å². The van der Waals surface area contributed by atoms with Crippen LogP contribution in [0.1, 0.15) is 0 Å². The molecule has 3 nitrogen and oxygen atoms in total. The van der Waals surface area contributed by atoms with Gasteiger partial charge in [0.1, 0.15) is 5.92 Å². The molecule has 1 unspecified atom stereocenters. The van der Waals surface area contributed by atoms with E-state index >= 15 is 0 Å². The number of nitrogens with zero attached hydrogens (tertiary/aromatic N) is 1. The third kappa shape index (κ3) is 4.67. The van der Waals surface area contributed by atoms with Crippen molar-refractivity contribution in [1.82, 2.24) is 0 Å². The molecule has 0 aromatic heterocycles. The van der Waals surface area contributed by atoms with Gasteiger partial charge in [0.2, 0.25) is 0 Å². The Morgan fingerprint density at radius 3 is 2.58 bits per heavy atom. The fourth-order valence-electron chi connectivity index (χ4n) is 1.18. The lowest BCUT2D eigenvalue weighted by Gasteiger charge is -2.18. The van der Waals surface area contributed by atoms with Gasteiger partial charge in [0, 0.05) is 15.7 Å². The van der Waals surface area contributed by atoms with E-state index in [4.69, 9.17) is 34.1 Å². The predicted octanol–water partition coefficient (Wildman–Crippen LogP) is 4.01. The molecule has 1 atom stereocenters. The largest absolute Gasteiger partial charge is 0.409 e. The minimum atomic E-state index is -4.60. The first-order chi connectivity index (χ1) is 8.75. The van der Waals surface area contributed by atoms with Gasteiger partial charge >= 0.3 is 6.18 Å². The minimum Gasteiger partial charge on any atom is -0.409 e. The molecule has 0 heterocycles. The van der Waals surface area contributed by atoms with Crippen LogP contribution < -0.4 is 5.73 Å². The Kier molecular flexibility index (Phi) is 5.64. The molecule has 0 saturated carbocycles. The van der Waals surface area contributed by atoms with Gasteiger partial charge in [0.15, 0.2) is 5.84 Å². The Morgan fingerprint density at radius 1 is 1.42 bits per heavy atom. The molecule has 0 fully saturated rings. The summed E-state index contributed by atoms with van der Waals surface area (Å²) in [6, 6.07) is 4.46. The zero-order valence-corrected chi connectivity index (χ0v) is 11.6. The molecule has 1 aromatic rings. The number of alkyl halides is 3. The van der Waals surface area contributed by atoms with E-state index in [9.17, 15) is 13.2 Å². The number of nitrogens with two attached hydrogens (primary N) is 1. The van der Waals surface area contributed by atoms with Crippen LogP contribution in [0, 0.1) is 5.92 Å². The molecule has 0 amide bonds. The Balaban J connectivity index is 2.85. The molecular formula is C10H9Cl2F3N2OS. The van der Waals surface area contributed by atoms with Gasteiger partial charge in [0.05, 0.1) is 5.02 Å². The Hall–Kier alpha value is -0.790. The number of amidine groups is 1. The van der Waals surface area contributed by atoms with Crippen molar-refractivity contribution in [3.8, 4) is 0 Å². The van der Waals surface area contributed by atoms with E-state index in [0.29, 0.717) is 9.92 Å². The molecule has 0 aliphatic carbocycles. The van der Waals surface area contributed by atoms with Crippen LogP contribution in [0.3, 0.4) is 0 Å². The van der Waals surface area contributed by atoms with Crippen LogP contribution in [0.5, 0.6) is 0 Å². The molecule has 0 spiro atoms. The number of thioether (sulfide) groups is 1. The van der Waals surface area contributed by atoms with Crippen LogP contribution in [0.25, 0.3) is 0 Å². The first-order valence-corrected chi connectivity index (χ1v) is 6.62. The molecule has 9 heteroatoms. The van der Waals surface area contributed by atoms with E-state index in [2.05, 4.69) is 5.16 Å². The SMILES string of the molecule is N/C(=N/O)C(CSc1cc(Cl)ccc1Cl)C(F)(F)F. The number of hydrogen-bond acceptors (Lipinski definition) is 3. The molecule has 0 radical (unpaired) electrons. The highest BCUT2D eigenvalue weighted by atomic mass is 35.5. The van der Waals surface area contributed by atoms with E-state index in [1.165, 1.54) is 18.2 Å². The van der Waals surface area contributed by atoms with E-state index in [-0.39, 0.29) is 5.02 Å². The highest BCUT2D eigenvalue weighted by Crippen LogP contribution is 2.35. The first kappa shape index (κ1) is 16.3. The van der Waals surface area contributed by atoms with Gasteiger partial charge in [0.25, 0.3) is 0 Å². The summed E-state index contributed by atoms with van der Waals surface area (Å²) in [7, 11) is 0. The number of halogens is 5. The summed E-state index contributed by atoms with van der Waals surface area (Å²) in [4.78, 5) is 0.397. The van der Waals surface area contributed by atoms with Crippen molar-refractivity contribution in [3.63, 3.8) is 0 Å². The normalized spacial score (nSPS) is 14.5. The lowest BCUT2D eigenvalue weighted by Crippen LogP contribution is -2.37. The number of oxime groups is 1. The van der Waals surface area contributed by atoms with E-state index < -0.39 is 23.7 Å². The summed E-state index contributed by atoms with van der Waals surface area (Å²) in [5.41, 5.74) is 5.04. The summed E-state index contributed by atoms with van der Waals surface area (Å²) in [6.45, 7) is 0. The zero-order chi connectivity index (χ0) is 14.6. The van der Waals surface area contributed by atoms with Crippen LogP contribution in [0.15, 0.2) is 28.3 Å². The van der Waals surface area contributed by atoms with Crippen LogP contribution in [0.2, 0.25) is 10.0 Å². The maximum atomic E-state index is 12.7. The van der Waals surface area contributed by atoms with Crippen molar-refractivity contribution in [2.24, 2.45) is 16.8 Å². The summed E-state index contributed by atoms with van der Waals surface area (Å²) < 4.78 is 38.1. The fourth-order valence-corrected chi connectivity index (χ4v) is 2.82. The second-order valence-corrected chi connectivity index (χ2v) is 5.41. The van der Waals surface area contributed by atoms with Gasteiger partial charge in [-0.05, 0) is 18.2 Å². The molecule has 19 heavy (non-hydrogen) atoms. The van der Waals surface area contributed by atoms with Crippen LogP contribution in [-0.2, 0) is 0 Å². The molecule has 0 saturated heterocycles. The van der Waals surface area contributed by atoms with Crippen molar-refractivity contribution >= 4 is 40.8 Å². The quantitative estimate of drug-likeness (QED) is 0.288. The van der Waals surface area contributed by atoms with Crippen LogP contribution in [-0.4, -0.2) is 23.0 Å². The van der Waals surface area contributed by atoms with E-state index in [0.717, 1.165) is 11.8 Å². The summed E-state index contributed by atoms with van der Waals surface area (Å²) >= 11 is 12.4. The molecule has 3 N–H and O–H groups in total. The first-order valence-electron chi connectivity index (χ1n) is 4.87. The molecule has 1 rings (SSSR count). The Morgan fingerprint density at radius 2 is 2.05 bits per heavy atom. The van der Waals surface area contributed by atoms with Gasteiger partial charge in [-0.2, -0.15) is 13.2 Å². The van der Waals surface area contributed by atoms with E-state index in [1.807, 2.05) is 0 Å². The Bertz CT molecular complexity index is 482. The van der Waals surface area contributed by atoms with Gasteiger partial charge < -0.3 is 10.9 Å². The highest BCUT2D eigenvalue weighted by Gasteiger charge is 2.42. The Labute approximate surface area is 121 Å². The van der Waals surface area contributed by atoms with Crippen LogP contribution >= 0.6 is 35.0 Å². The molecule has 1 aromatic carbocycles. The lowest BCUT2D eigenvalue weighted by atomic mass is 10.1. The maximum absolute atomic E-state index is 12.7. The van der Waals surface area contributed by atoms with Gasteiger partial charge in [-0.15, -0.1) is 11.8 Å². The van der Waals surface area contributed by atoms with Crippen molar-refractivity contribution < 1.29 is 18.4 Å². The lowest BCUT2D eigenvalue weighted by molar-refractivity contribution is -0.150. The van der Waals surface area contributed by atoms with Crippen LogP contribution in [0.4, 0.5) is 13.2 Å². The molecule has 0 aliphatic heterocycles. The average molecular weight is 333 g/mol. The van der Waals surface area contributed by atoms with Crippen molar-refractivity contribution in [1.29, 1.82) is 0 Å². The molecular weight excluding hydrogens is 324 g/mol.